The Morgan fingerprint density at radius 3 is 2.65 bits per heavy atom. The highest BCUT2D eigenvalue weighted by atomic mass is 127. The van der Waals surface area contributed by atoms with E-state index in [2.05, 4.69) is 25.8 Å². The second-order valence-corrected chi connectivity index (χ2v) is 5.32. The first-order chi connectivity index (χ1) is 12.1. The highest BCUT2D eigenvalue weighted by Gasteiger charge is 2.13. The van der Waals surface area contributed by atoms with Crippen molar-refractivity contribution in [2.45, 2.75) is 40.0 Å². The van der Waals surface area contributed by atoms with Gasteiger partial charge in [-0.15, -0.1) is 24.0 Å². The molecule has 1 unspecified atom stereocenters. The maximum Gasteiger partial charge on any atom is 0.246 e. The number of guanidine groups is 1. The van der Waals surface area contributed by atoms with E-state index >= 15 is 0 Å². The first kappa shape index (κ1) is 22.3. The Bertz CT molecular complexity index is 678. The molecule has 0 amide bonds. The van der Waals surface area contributed by atoms with Gasteiger partial charge >= 0.3 is 0 Å². The van der Waals surface area contributed by atoms with E-state index in [4.69, 9.17) is 9.26 Å². The van der Waals surface area contributed by atoms with Crippen molar-refractivity contribution in [3.8, 4) is 0 Å². The van der Waals surface area contributed by atoms with Crippen molar-refractivity contribution in [1.82, 2.24) is 20.8 Å². The van der Waals surface area contributed by atoms with E-state index in [0.29, 0.717) is 43.9 Å². The number of halogens is 2. The van der Waals surface area contributed by atoms with Crippen LogP contribution in [0.4, 0.5) is 4.39 Å². The number of nitrogens with zero attached hydrogens (tertiary/aromatic N) is 3. The normalized spacial score (nSPS) is 12.4. The third-order valence-corrected chi connectivity index (χ3v) is 3.35. The third kappa shape index (κ3) is 7.24. The van der Waals surface area contributed by atoms with Gasteiger partial charge in [0.2, 0.25) is 5.89 Å². The molecule has 0 aliphatic rings. The molecule has 2 aromatic rings. The molecule has 0 saturated heterocycles. The van der Waals surface area contributed by atoms with Gasteiger partial charge in [-0.3, -0.25) is 0 Å². The van der Waals surface area contributed by atoms with Crippen LogP contribution >= 0.6 is 24.0 Å². The van der Waals surface area contributed by atoms with Crippen LogP contribution in [0, 0.1) is 5.82 Å². The zero-order valence-electron chi connectivity index (χ0n) is 15.2. The molecule has 1 aromatic carbocycles. The quantitative estimate of drug-likeness (QED) is 0.345. The zero-order chi connectivity index (χ0) is 18.1. The van der Waals surface area contributed by atoms with Crippen LogP contribution in [0.25, 0.3) is 0 Å². The summed E-state index contributed by atoms with van der Waals surface area (Å²) in [7, 11) is 0. The summed E-state index contributed by atoms with van der Waals surface area (Å²) in [6.07, 6.45) is -0.206. The summed E-state index contributed by atoms with van der Waals surface area (Å²) in [6, 6.07) is 6.26. The molecule has 144 valence electrons. The third-order valence-electron chi connectivity index (χ3n) is 3.35. The lowest BCUT2D eigenvalue weighted by atomic mass is 10.2. The van der Waals surface area contributed by atoms with E-state index in [-0.39, 0.29) is 35.9 Å². The molecule has 0 radical (unpaired) electrons. The Morgan fingerprint density at radius 1 is 1.27 bits per heavy atom. The van der Waals surface area contributed by atoms with Crippen molar-refractivity contribution in [1.29, 1.82) is 0 Å². The fourth-order valence-electron chi connectivity index (χ4n) is 2.09. The average Bonchev–Trinajstić information content (AvgIpc) is 3.08. The minimum Gasteiger partial charge on any atom is -0.371 e. The largest absolute Gasteiger partial charge is 0.371 e. The lowest BCUT2D eigenvalue weighted by Gasteiger charge is -2.09. The highest BCUT2D eigenvalue weighted by Crippen LogP contribution is 2.12. The molecule has 1 aromatic heterocycles. The van der Waals surface area contributed by atoms with Gasteiger partial charge in [0.15, 0.2) is 11.8 Å². The van der Waals surface area contributed by atoms with Crippen molar-refractivity contribution in [2.75, 3.05) is 13.2 Å². The van der Waals surface area contributed by atoms with Crippen LogP contribution in [0.5, 0.6) is 0 Å². The molecule has 1 atom stereocenters. The highest BCUT2D eigenvalue weighted by molar-refractivity contribution is 14.0. The van der Waals surface area contributed by atoms with Crippen molar-refractivity contribution >= 4 is 29.9 Å². The second-order valence-electron chi connectivity index (χ2n) is 5.32. The fraction of sp³-hybridized carbons (Fsp3) is 0.471. The number of benzene rings is 1. The van der Waals surface area contributed by atoms with Crippen molar-refractivity contribution in [2.24, 2.45) is 4.99 Å². The molecule has 0 saturated carbocycles. The molecular formula is C17H25FIN5O2. The predicted octanol–water partition coefficient (Wildman–Crippen LogP) is 3.18. The van der Waals surface area contributed by atoms with Gasteiger partial charge in [0.1, 0.15) is 11.9 Å². The number of aromatic nitrogens is 2. The molecular weight excluding hydrogens is 452 g/mol. The maximum atomic E-state index is 12.9. The van der Waals surface area contributed by atoms with E-state index in [1.54, 1.807) is 12.1 Å². The van der Waals surface area contributed by atoms with E-state index in [0.717, 1.165) is 5.56 Å². The molecule has 0 aliphatic carbocycles. The van der Waals surface area contributed by atoms with E-state index in [1.165, 1.54) is 12.1 Å². The van der Waals surface area contributed by atoms with E-state index in [9.17, 15) is 4.39 Å². The lowest BCUT2D eigenvalue weighted by Crippen LogP contribution is -2.36. The minimum absolute atomic E-state index is 0. The average molecular weight is 477 g/mol. The minimum atomic E-state index is -0.258. The fourth-order valence-corrected chi connectivity index (χ4v) is 2.09. The number of hydrogen-bond acceptors (Lipinski definition) is 5. The van der Waals surface area contributed by atoms with Crippen LogP contribution in [0.3, 0.4) is 0 Å². The molecule has 0 aliphatic heterocycles. The van der Waals surface area contributed by atoms with Gasteiger partial charge in [-0.2, -0.15) is 4.98 Å². The van der Waals surface area contributed by atoms with Crippen molar-refractivity contribution in [3.05, 3.63) is 47.4 Å². The number of rotatable bonds is 8. The Balaban J connectivity index is 0.00000338. The summed E-state index contributed by atoms with van der Waals surface area (Å²) >= 11 is 0. The lowest BCUT2D eigenvalue weighted by molar-refractivity contribution is 0.0683. The summed E-state index contributed by atoms with van der Waals surface area (Å²) in [5.74, 6) is 1.33. The summed E-state index contributed by atoms with van der Waals surface area (Å²) in [6.45, 7) is 7.85. The Hall–Kier alpha value is -1.75. The van der Waals surface area contributed by atoms with Crippen LogP contribution in [0.2, 0.25) is 0 Å². The molecule has 9 heteroatoms. The van der Waals surface area contributed by atoms with Crippen LogP contribution in [0.1, 0.15) is 44.2 Å². The summed E-state index contributed by atoms with van der Waals surface area (Å²) in [4.78, 5) is 8.76. The second kappa shape index (κ2) is 11.8. The summed E-state index contributed by atoms with van der Waals surface area (Å²) in [5, 5.41) is 10.2. The van der Waals surface area contributed by atoms with Gasteiger partial charge in [0.25, 0.3) is 0 Å². The Morgan fingerprint density at radius 2 is 2.00 bits per heavy atom. The molecule has 0 spiro atoms. The Kier molecular flexibility index (Phi) is 10.1. The van der Waals surface area contributed by atoms with Crippen LogP contribution in [0.15, 0.2) is 33.8 Å². The van der Waals surface area contributed by atoms with Crippen LogP contribution < -0.4 is 10.6 Å². The topological polar surface area (TPSA) is 84.6 Å². The van der Waals surface area contributed by atoms with Crippen LogP contribution in [-0.4, -0.2) is 29.3 Å². The summed E-state index contributed by atoms with van der Waals surface area (Å²) in [5.41, 5.74) is 0.921. The van der Waals surface area contributed by atoms with Gasteiger partial charge in [-0.1, -0.05) is 17.3 Å². The number of ether oxygens (including phenoxy) is 1. The van der Waals surface area contributed by atoms with Gasteiger partial charge in [-0.25, -0.2) is 9.38 Å². The first-order valence-electron chi connectivity index (χ1n) is 8.33. The number of nitrogens with one attached hydrogen (secondary N) is 2. The Labute approximate surface area is 169 Å². The van der Waals surface area contributed by atoms with E-state index < -0.39 is 0 Å². The maximum absolute atomic E-state index is 12.9. The SMILES string of the molecule is CCNC(=NCc1ccc(F)cc1)NCc1nc(C(C)OCC)no1.I. The molecule has 0 fully saturated rings. The smallest absolute Gasteiger partial charge is 0.246 e. The van der Waals surface area contributed by atoms with Crippen LogP contribution in [-0.2, 0) is 17.8 Å². The molecule has 7 nitrogen and oxygen atoms in total. The van der Waals surface area contributed by atoms with Gasteiger partial charge in [0, 0.05) is 13.2 Å². The molecule has 0 bridgehead atoms. The first-order valence-corrected chi connectivity index (χ1v) is 8.33. The molecule has 2 rings (SSSR count). The van der Waals surface area contributed by atoms with Gasteiger partial charge < -0.3 is 19.9 Å². The number of hydrogen-bond donors (Lipinski definition) is 2. The van der Waals surface area contributed by atoms with Gasteiger partial charge in [0.05, 0.1) is 13.1 Å². The van der Waals surface area contributed by atoms with Crippen molar-refractivity contribution in [3.63, 3.8) is 0 Å². The van der Waals surface area contributed by atoms with E-state index in [1.807, 2.05) is 20.8 Å². The molecule has 26 heavy (non-hydrogen) atoms. The predicted molar refractivity (Wildman–Crippen MR) is 108 cm³/mol. The summed E-state index contributed by atoms with van der Waals surface area (Å²) < 4.78 is 23.6. The standard InChI is InChI=1S/C17H24FN5O2.HI/c1-4-19-17(20-10-13-6-8-14(18)9-7-13)21-11-15-22-16(23-25-15)12(3)24-5-2;/h6-9,12H,4-5,10-11H2,1-3H3,(H2,19,20,21);1H. The molecule has 2 N–H and O–H groups in total. The zero-order valence-corrected chi connectivity index (χ0v) is 17.5. The van der Waals surface area contributed by atoms with Crippen molar-refractivity contribution < 1.29 is 13.7 Å². The molecule has 1 heterocycles. The monoisotopic (exact) mass is 477 g/mol. The number of aliphatic imine (C=N–C) groups is 1. The van der Waals surface area contributed by atoms with Gasteiger partial charge in [-0.05, 0) is 38.5 Å².